The summed E-state index contributed by atoms with van der Waals surface area (Å²) < 4.78 is 10.5. The van der Waals surface area contributed by atoms with E-state index in [-0.39, 0.29) is 12.6 Å². The standard InChI is InChI=1S/C12H19NO3/c1-13-11(6-7-14)10-8-9(15-2)4-5-12(10)16-3/h4-5,8,11,13-14H,6-7H2,1-3H3. The van der Waals surface area contributed by atoms with Crippen LogP contribution < -0.4 is 14.8 Å². The smallest absolute Gasteiger partial charge is 0.123 e. The summed E-state index contributed by atoms with van der Waals surface area (Å²) in [4.78, 5) is 0. The summed E-state index contributed by atoms with van der Waals surface area (Å²) in [6.07, 6.45) is 0.639. The Morgan fingerprint density at radius 3 is 2.56 bits per heavy atom. The van der Waals surface area contributed by atoms with Gasteiger partial charge in [-0.25, -0.2) is 0 Å². The first-order valence-corrected chi connectivity index (χ1v) is 5.26. The maximum Gasteiger partial charge on any atom is 0.123 e. The van der Waals surface area contributed by atoms with E-state index in [1.54, 1.807) is 14.2 Å². The molecule has 0 fully saturated rings. The number of hydrogen-bond donors (Lipinski definition) is 2. The maximum atomic E-state index is 9.01. The molecule has 0 bridgehead atoms. The molecule has 0 saturated heterocycles. The third kappa shape index (κ3) is 2.87. The Hall–Kier alpha value is -1.26. The van der Waals surface area contributed by atoms with Crippen molar-refractivity contribution in [3.8, 4) is 11.5 Å². The fourth-order valence-corrected chi connectivity index (χ4v) is 1.70. The summed E-state index contributed by atoms with van der Waals surface area (Å²) in [6.45, 7) is 0.131. The lowest BCUT2D eigenvalue weighted by Gasteiger charge is -2.19. The van der Waals surface area contributed by atoms with Gasteiger partial charge in [0.2, 0.25) is 0 Å². The maximum absolute atomic E-state index is 9.01. The summed E-state index contributed by atoms with van der Waals surface area (Å²) in [7, 11) is 5.13. The second kappa shape index (κ2) is 6.35. The summed E-state index contributed by atoms with van der Waals surface area (Å²) in [6, 6.07) is 5.72. The minimum absolute atomic E-state index is 0.0649. The second-order valence-electron chi connectivity index (χ2n) is 3.46. The third-order valence-electron chi connectivity index (χ3n) is 2.58. The third-order valence-corrected chi connectivity index (χ3v) is 2.58. The molecule has 4 nitrogen and oxygen atoms in total. The van der Waals surface area contributed by atoms with Crippen LogP contribution in [0.2, 0.25) is 0 Å². The molecule has 0 aliphatic rings. The Bertz CT molecular complexity index is 328. The van der Waals surface area contributed by atoms with Gasteiger partial charge in [0.25, 0.3) is 0 Å². The minimum atomic E-state index is 0.0649. The average Bonchev–Trinajstić information content (AvgIpc) is 2.35. The lowest BCUT2D eigenvalue weighted by atomic mass is 10.0. The van der Waals surface area contributed by atoms with E-state index in [1.165, 1.54) is 0 Å². The second-order valence-corrected chi connectivity index (χ2v) is 3.46. The van der Waals surface area contributed by atoms with E-state index < -0.39 is 0 Å². The van der Waals surface area contributed by atoms with Crippen LogP contribution >= 0.6 is 0 Å². The molecule has 0 amide bonds. The van der Waals surface area contributed by atoms with Gasteiger partial charge in [0.05, 0.1) is 14.2 Å². The van der Waals surface area contributed by atoms with E-state index in [4.69, 9.17) is 14.6 Å². The molecule has 0 saturated carbocycles. The number of methoxy groups -OCH3 is 2. The van der Waals surface area contributed by atoms with Crippen LogP contribution in [-0.2, 0) is 0 Å². The van der Waals surface area contributed by atoms with Crippen LogP contribution in [0.5, 0.6) is 11.5 Å². The van der Waals surface area contributed by atoms with Crippen LogP contribution in [0.25, 0.3) is 0 Å². The van der Waals surface area contributed by atoms with Crippen LogP contribution in [0, 0.1) is 0 Å². The highest BCUT2D eigenvalue weighted by molar-refractivity contribution is 5.42. The van der Waals surface area contributed by atoms with Gasteiger partial charge in [-0.3, -0.25) is 0 Å². The largest absolute Gasteiger partial charge is 0.497 e. The van der Waals surface area contributed by atoms with Gasteiger partial charge in [-0.2, -0.15) is 0 Å². The fraction of sp³-hybridized carbons (Fsp3) is 0.500. The highest BCUT2D eigenvalue weighted by Gasteiger charge is 2.14. The van der Waals surface area contributed by atoms with Crippen molar-refractivity contribution in [3.05, 3.63) is 23.8 Å². The van der Waals surface area contributed by atoms with Crippen LogP contribution in [0.3, 0.4) is 0 Å². The highest BCUT2D eigenvalue weighted by Crippen LogP contribution is 2.30. The quantitative estimate of drug-likeness (QED) is 0.767. The average molecular weight is 225 g/mol. The first-order chi connectivity index (χ1) is 7.76. The number of benzene rings is 1. The molecule has 1 atom stereocenters. The first kappa shape index (κ1) is 12.8. The molecule has 4 heteroatoms. The van der Waals surface area contributed by atoms with Crippen molar-refractivity contribution in [3.63, 3.8) is 0 Å². The van der Waals surface area contributed by atoms with E-state index in [1.807, 2.05) is 25.2 Å². The molecule has 2 N–H and O–H groups in total. The van der Waals surface area contributed by atoms with Crippen LogP contribution in [0.1, 0.15) is 18.0 Å². The van der Waals surface area contributed by atoms with Crippen molar-refractivity contribution in [1.29, 1.82) is 0 Å². The van der Waals surface area contributed by atoms with E-state index in [9.17, 15) is 0 Å². The summed E-state index contributed by atoms with van der Waals surface area (Å²) in [5.41, 5.74) is 0.999. The Labute approximate surface area is 96.2 Å². The molecule has 1 aromatic carbocycles. The Kier molecular flexibility index (Phi) is 5.08. The van der Waals surface area contributed by atoms with Crippen molar-refractivity contribution in [2.24, 2.45) is 0 Å². The van der Waals surface area contributed by atoms with E-state index in [2.05, 4.69) is 5.32 Å². The summed E-state index contributed by atoms with van der Waals surface area (Å²) in [5.74, 6) is 1.59. The lowest BCUT2D eigenvalue weighted by Crippen LogP contribution is -2.18. The topological polar surface area (TPSA) is 50.7 Å². The number of aliphatic hydroxyl groups excluding tert-OH is 1. The van der Waals surface area contributed by atoms with Crippen LogP contribution in [-0.4, -0.2) is 33.0 Å². The Morgan fingerprint density at radius 1 is 1.31 bits per heavy atom. The number of nitrogens with one attached hydrogen (secondary N) is 1. The van der Waals surface area contributed by atoms with Crippen molar-refractivity contribution >= 4 is 0 Å². The SMILES string of the molecule is CNC(CCO)c1cc(OC)ccc1OC. The number of hydrogen-bond acceptors (Lipinski definition) is 4. The normalized spacial score (nSPS) is 12.2. The van der Waals surface area contributed by atoms with Gasteiger partial charge in [-0.15, -0.1) is 0 Å². The van der Waals surface area contributed by atoms with Gasteiger partial charge in [0, 0.05) is 18.2 Å². The molecular formula is C12H19NO3. The van der Waals surface area contributed by atoms with E-state index in [0.717, 1.165) is 17.1 Å². The molecule has 0 heterocycles. The first-order valence-electron chi connectivity index (χ1n) is 5.26. The van der Waals surface area contributed by atoms with Gasteiger partial charge in [-0.05, 0) is 31.7 Å². The number of rotatable bonds is 6. The Balaban J connectivity index is 3.05. The highest BCUT2D eigenvalue weighted by atomic mass is 16.5. The van der Waals surface area contributed by atoms with Gasteiger partial charge < -0.3 is 19.9 Å². The lowest BCUT2D eigenvalue weighted by molar-refractivity contribution is 0.266. The molecule has 0 radical (unpaired) electrons. The van der Waals surface area contributed by atoms with Crippen molar-refractivity contribution < 1.29 is 14.6 Å². The van der Waals surface area contributed by atoms with Gasteiger partial charge in [0.15, 0.2) is 0 Å². The van der Waals surface area contributed by atoms with E-state index >= 15 is 0 Å². The molecular weight excluding hydrogens is 206 g/mol. The Morgan fingerprint density at radius 2 is 2.06 bits per heavy atom. The molecule has 1 rings (SSSR count). The molecule has 0 aromatic heterocycles. The fourth-order valence-electron chi connectivity index (χ4n) is 1.70. The predicted octanol–water partition coefficient (Wildman–Crippen LogP) is 1.35. The monoisotopic (exact) mass is 225 g/mol. The zero-order valence-corrected chi connectivity index (χ0v) is 9.99. The zero-order chi connectivity index (χ0) is 12.0. The van der Waals surface area contributed by atoms with Gasteiger partial charge >= 0.3 is 0 Å². The molecule has 1 aromatic rings. The predicted molar refractivity (Wildman–Crippen MR) is 63.0 cm³/mol. The van der Waals surface area contributed by atoms with Crippen LogP contribution in [0.15, 0.2) is 18.2 Å². The number of aliphatic hydroxyl groups is 1. The molecule has 16 heavy (non-hydrogen) atoms. The minimum Gasteiger partial charge on any atom is -0.497 e. The molecule has 0 spiro atoms. The molecule has 0 aliphatic heterocycles. The van der Waals surface area contributed by atoms with Crippen molar-refractivity contribution in [2.75, 3.05) is 27.9 Å². The molecule has 0 aliphatic carbocycles. The van der Waals surface area contributed by atoms with Crippen molar-refractivity contribution in [1.82, 2.24) is 5.32 Å². The van der Waals surface area contributed by atoms with Gasteiger partial charge in [-0.1, -0.05) is 0 Å². The van der Waals surface area contributed by atoms with Gasteiger partial charge in [0.1, 0.15) is 11.5 Å². The molecule has 1 unspecified atom stereocenters. The van der Waals surface area contributed by atoms with E-state index in [0.29, 0.717) is 6.42 Å². The summed E-state index contributed by atoms with van der Waals surface area (Å²) in [5, 5.41) is 12.2. The van der Waals surface area contributed by atoms with Crippen LogP contribution in [0.4, 0.5) is 0 Å². The van der Waals surface area contributed by atoms with Crippen molar-refractivity contribution in [2.45, 2.75) is 12.5 Å². The summed E-state index contributed by atoms with van der Waals surface area (Å²) >= 11 is 0. The zero-order valence-electron chi connectivity index (χ0n) is 9.99. The number of ether oxygens (including phenoxy) is 2. The molecule has 90 valence electrons.